The SMILES string of the molecule is COc1cc(OC)cc(C(=O)N(CCC#N)Cc2ccco2)c1. The number of amides is 1. The molecule has 0 atom stereocenters. The van der Waals surface area contributed by atoms with Crippen molar-refractivity contribution in [2.75, 3.05) is 20.8 Å². The van der Waals surface area contributed by atoms with E-state index in [1.165, 1.54) is 14.2 Å². The van der Waals surface area contributed by atoms with Crippen molar-refractivity contribution >= 4 is 5.91 Å². The lowest BCUT2D eigenvalue weighted by Crippen LogP contribution is -2.31. The van der Waals surface area contributed by atoms with Crippen molar-refractivity contribution in [1.82, 2.24) is 4.90 Å². The first kappa shape index (κ1) is 16.4. The third-order valence-corrected chi connectivity index (χ3v) is 3.31. The van der Waals surface area contributed by atoms with Gasteiger partial charge in [0.1, 0.15) is 17.3 Å². The second kappa shape index (κ2) is 7.90. The van der Waals surface area contributed by atoms with E-state index in [1.807, 2.05) is 0 Å². The van der Waals surface area contributed by atoms with Crippen LogP contribution in [0.25, 0.3) is 0 Å². The summed E-state index contributed by atoms with van der Waals surface area (Å²) in [5.74, 6) is 1.51. The van der Waals surface area contributed by atoms with Crippen molar-refractivity contribution in [3.05, 3.63) is 47.9 Å². The summed E-state index contributed by atoms with van der Waals surface area (Å²) < 4.78 is 15.7. The maximum absolute atomic E-state index is 12.8. The molecule has 120 valence electrons. The molecule has 0 saturated carbocycles. The van der Waals surface area contributed by atoms with Gasteiger partial charge < -0.3 is 18.8 Å². The van der Waals surface area contributed by atoms with E-state index in [0.29, 0.717) is 35.9 Å². The lowest BCUT2D eigenvalue weighted by atomic mass is 10.1. The molecule has 0 saturated heterocycles. The van der Waals surface area contributed by atoms with Crippen LogP contribution in [0.2, 0.25) is 0 Å². The van der Waals surface area contributed by atoms with Crippen LogP contribution in [0.15, 0.2) is 41.0 Å². The molecule has 0 spiro atoms. The summed E-state index contributed by atoms with van der Waals surface area (Å²) >= 11 is 0. The van der Waals surface area contributed by atoms with E-state index in [2.05, 4.69) is 6.07 Å². The van der Waals surface area contributed by atoms with Crippen LogP contribution in [-0.4, -0.2) is 31.6 Å². The number of carbonyl (C=O) groups is 1. The molecule has 2 rings (SSSR count). The second-order valence-corrected chi connectivity index (χ2v) is 4.82. The van der Waals surface area contributed by atoms with Crippen molar-refractivity contribution in [3.63, 3.8) is 0 Å². The molecule has 1 aromatic carbocycles. The summed E-state index contributed by atoms with van der Waals surface area (Å²) in [6.45, 7) is 0.614. The molecular formula is C17H18N2O4. The average Bonchev–Trinajstić information content (AvgIpc) is 3.10. The number of rotatable bonds is 7. The first-order chi connectivity index (χ1) is 11.2. The molecule has 1 amide bonds. The Kier molecular flexibility index (Phi) is 5.64. The van der Waals surface area contributed by atoms with E-state index in [4.69, 9.17) is 19.2 Å². The van der Waals surface area contributed by atoms with Crippen LogP contribution in [0.4, 0.5) is 0 Å². The summed E-state index contributed by atoms with van der Waals surface area (Å²) in [5.41, 5.74) is 0.436. The zero-order valence-electron chi connectivity index (χ0n) is 13.1. The lowest BCUT2D eigenvalue weighted by molar-refractivity contribution is 0.0734. The number of carbonyl (C=O) groups excluding carboxylic acids is 1. The van der Waals surface area contributed by atoms with Crippen molar-refractivity contribution < 1.29 is 18.7 Å². The number of nitrogens with zero attached hydrogens (tertiary/aromatic N) is 2. The van der Waals surface area contributed by atoms with Crippen LogP contribution >= 0.6 is 0 Å². The molecule has 2 aromatic rings. The quantitative estimate of drug-likeness (QED) is 0.785. The Morgan fingerprint density at radius 3 is 2.48 bits per heavy atom. The maximum atomic E-state index is 12.8. The van der Waals surface area contributed by atoms with Crippen LogP contribution in [0, 0.1) is 11.3 Å². The van der Waals surface area contributed by atoms with E-state index in [1.54, 1.807) is 41.5 Å². The molecule has 0 N–H and O–H groups in total. The zero-order chi connectivity index (χ0) is 16.7. The van der Waals surface area contributed by atoms with Gasteiger partial charge in [-0.2, -0.15) is 5.26 Å². The van der Waals surface area contributed by atoms with Gasteiger partial charge in [-0.3, -0.25) is 4.79 Å². The maximum Gasteiger partial charge on any atom is 0.254 e. The molecule has 6 nitrogen and oxygen atoms in total. The Hall–Kier alpha value is -2.94. The van der Waals surface area contributed by atoms with E-state index >= 15 is 0 Å². The standard InChI is InChI=1S/C17H18N2O4/c1-21-15-9-13(10-16(11-15)22-2)17(20)19(7-4-6-18)12-14-5-3-8-23-14/h3,5,8-11H,4,7,12H2,1-2H3. The molecule has 0 aliphatic heterocycles. The highest BCUT2D eigenvalue weighted by Crippen LogP contribution is 2.24. The van der Waals surface area contributed by atoms with Crippen molar-refractivity contribution in [2.45, 2.75) is 13.0 Å². The first-order valence-corrected chi connectivity index (χ1v) is 7.09. The highest BCUT2D eigenvalue weighted by atomic mass is 16.5. The fraction of sp³-hybridized carbons (Fsp3) is 0.294. The zero-order valence-corrected chi connectivity index (χ0v) is 13.1. The molecular weight excluding hydrogens is 296 g/mol. The average molecular weight is 314 g/mol. The molecule has 23 heavy (non-hydrogen) atoms. The number of methoxy groups -OCH3 is 2. The molecule has 0 aliphatic rings. The number of hydrogen-bond acceptors (Lipinski definition) is 5. The van der Waals surface area contributed by atoms with Gasteiger partial charge in [-0.05, 0) is 24.3 Å². The molecule has 0 bridgehead atoms. The topological polar surface area (TPSA) is 75.7 Å². The Balaban J connectivity index is 2.27. The van der Waals surface area contributed by atoms with Gasteiger partial charge in [-0.15, -0.1) is 0 Å². The van der Waals surface area contributed by atoms with Crippen LogP contribution in [-0.2, 0) is 6.54 Å². The van der Waals surface area contributed by atoms with Crippen LogP contribution in [0.1, 0.15) is 22.5 Å². The molecule has 1 heterocycles. The molecule has 1 aromatic heterocycles. The molecule has 0 aliphatic carbocycles. The molecule has 6 heteroatoms. The Labute approximate surface area is 134 Å². The van der Waals surface area contributed by atoms with E-state index in [9.17, 15) is 4.79 Å². The van der Waals surface area contributed by atoms with E-state index < -0.39 is 0 Å². The third kappa shape index (κ3) is 4.27. The van der Waals surface area contributed by atoms with Crippen LogP contribution in [0.5, 0.6) is 11.5 Å². The van der Waals surface area contributed by atoms with Gasteiger partial charge in [-0.1, -0.05) is 0 Å². The summed E-state index contributed by atoms with van der Waals surface area (Å²) in [5, 5.41) is 8.81. The third-order valence-electron chi connectivity index (χ3n) is 3.31. The summed E-state index contributed by atoms with van der Waals surface area (Å²) in [6.07, 6.45) is 1.80. The van der Waals surface area contributed by atoms with Gasteiger partial charge in [-0.25, -0.2) is 0 Å². The predicted molar refractivity (Wildman–Crippen MR) is 83.2 cm³/mol. The highest BCUT2D eigenvalue weighted by Gasteiger charge is 2.19. The van der Waals surface area contributed by atoms with Gasteiger partial charge in [0, 0.05) is 18.2 Å². The number of furan rings is 1. The number of hydrogen-bond donors (Lipinski definition) is 0. The second-order valence-electron chi connectivity index (χ2n) is 4.82. The number of ether oxygens (including phenoxy) is 2. The van der Waals surface area contributed by atoms with Crippen molar-refractivity contribution in [1.29, 1.82) is 5.26 Å². The summed E-state index contributed by atoms with van der Waals surface area (Å²) in [6, 6.07) is 10.6. The van der Waals surface area contributed by atoms with Gasteiger partial charge in [0.25, 0.3) is 5.91 Å². The smallest absolute Gasteiger partial charge is 0.254 e. The Bertz CT molecular complexity index is 667. The number of nitriles is 1. The van der Waals surface area contributed by atoms with Crippen molar-refractivity contribution in [2.24, 2.45) is 0 Å². The van der Waals surface area contributed by atoms with Gasteiger partial charge in [0.15, 0.2) is 0 Å². The van der Waals surface area contributed by atoms with Gasteiger partial charge in [0.2, 0.25) is 0 Å². The minimum atomic E-state index is -0.214. The monoisotopic (exact) mass is 314 g/mol. The lowest BCUT2D eigenvalue weighted by Gasteiger charge is -2.21. The summed E-state index contributed by atoms with van der Waals surface area (Å²) in [7, 11) is 3.05. The van der Waals surface area contributed by atoms with Gasteiger partial charge in [0.05, 0.1) is 39.5 Å². The number of benzene rings is 1. The van der Waals surface area contributed by atoms with Crippen LogP contribution in [0.3, 0.4) is 0 Å². The molecule has 0 unspecified atom stereocenters. The van der Waals surface area contributed by atoms with E-state index in [-0.39, 0.29) is 12.3 Å². The largest absolute Gasteiger partial charge is 0.497 e. The minimum absolute atomic E-state index is 0.214. The normalized spacial score (nSPS) is 9.96. The van der Waals surface area contributed by atoms with E-state index in [0.717, 1.165) is 0 Å². The predicted octanol–water partition coefficient (Wildman–Crippen LogP) is 2.85. The molecule has 0 radical (unpaired) electrons. The summed E-state index contributed by atoms with van der Waals surface area (Å²) in [4.78, 5) is 14.3. The highest BCUT2D eigenvalue weighted by molar-refractivity contribution is 5.95. The van der Waals surface area contributed by atoms with Crippen molar-refractivity contribution in [3.8, 4) is 17.6 Å². The van der Waals surface area contributed by atoms with Crippen LogP contribution < -0.4 is 9.47 Å². The fourth-order valence-electron chi connectivity index (χ4n) is 2.14. The Morgan fingerprint density at radius 2 is 1.96 bits per heavy atom. The minimum Gasteiger partial charge on any atom is -0.497 e. The Morgan fingerprint density at radius 1 is 1.26 bits per heavy atom. The fourth-order valence-corrected chi connectivity index (χ4v) is 2.14. The molecule has 0 fully saturated rings. The van der Waals surface area contributed by atoms with Gasteiger partial charge >= 0.3 is 0 Å². The first-order valence-electron chi connectivity index (χ1n) is 7.09.